The van der Waals surface area contributed by atoms with Crippen LogP contribution in [-0.2, 0) is 0 Å². The van der Waals surface area contributed by atoms with Gasteiger partial charge in [0.25, 0.3) is 0 Å². The van der Waals surface area contributed by atoms with E-state index in [1.165, 1.54) is 5.56 Å². The summed E-state index contributed by atoms with van der Waals surface area (Å²) in [5.74, 6) is 1.74. The highest BCUT2D eigenvalue weighted by atomic mass is 32.2. The summed E-state index contributed by atoms with van der Waals surface area (Å²) in [6.45, 7) is 9.15. The van der Waals surface area contributed by atoms with Crippen LogP contribution in [0, 0.1) is 0 Å². The van der Waals surface area contributed by atoms with E-state index in [0.717, 1.165) is 37.7 Å². The van der Waals surface area contributed by atoms with E-state index in [1.54, 1.807) is 0 Å². The molecule has 1 atom stereocenters. The second kappa shape index (κ2) is 6.72. The second-order valence-corrected chi connectivity index (χ2v) is 7.34. The van der Waals surface area contributed by atoms with E-state index < -0.39 is 0 Å². The summed E-state index contributed by atoms with van der Waals surface area (Å²) in [5, 5.41) is 3.60. The minimum absolute atomic E-state index is 0.250. The molecule has 1 N–H and O–H groups in total. The Labute approximate surface area is 126 Å². The van der Waals surface area contributed by atoms with Gasteiger partial charge in [-0.05, 0) is 44.7 Å². The van der Waals surface area contributed by atoms with E-state index in [2.05, 4.69) is 44.5 Å². The Morgan fingerprint density at radius 2 is 1.95 bits per heavy atom. The Kier molecular flexibility index (Phi) is 5.22. The number of ether oxygens (including phenoxy) is 2. The van der Waals surface area contributed by atoms with Crippen LogP contribution in [0.5, 0.6) is 11.5 Å². The van der Waals surface area contributed by atoms with Gasteiger partial charge in [0.1, 0.15) is 0 Å². The quantitative estimate of drug-likeness (QED) is 0.898. The van der Waals surface area contributed by atoms with Crippen LogP contribution in [0.2, 0.25) is 0 Å². The molecule has 0 saturated heterocycles. The number of nitrogens with one attached hydrogen (secondary N) is 1. The van der Waals surface area contributed by atoms with Crippen LogP contribution < -0.4 is 14.8 Å². The van der Waals surface area contributed by atoms with Crippen molar-refractivity contribution in [2.24, 2.45) is 0 Å². The third-order valence-electron chi connectivity index (χ3n) is 3.66. The van der Waals surface area contributed by atoms with Gasteiger partial charge < -0.3 is 14.8 Å². The molecule has 1 aromatic rings. The number of benzene rings is 1. The zero-order chi connectivity index (χ0) is 14.6. The minimum atomic E-state index is 0.250. The standard InChI is InChI=1S/C16H25NO2S/c1-12(17-11-16(2,3)20-4)13-6-7-14-15(10-13)19-9-5-8-18-14/h6-7,10,12,17H,5,8-9,11H2,1-4H3. The predicted octanol–water partition coefficient (Wildman–Crippen LogP) is 3.64. The first-order chi connectivity index (χ1) is 9.52. The lowest BCUT2D eigenvalue weighted by Gasteiger charge is -2.25. The summed E-state index contributed by atoms with van der Waals surface area (Å²) in [6, 6.07) is 6.55. The molecule has 0 saturated carbocycles. The van der Waals surface area contributed by atoms with Crippen LogP contribution in [0.15, 0.2) is 18.2 Å². The predicted molar refractivity (Wildman–Crippen MR) is 86.1 cm³/mol. The van der Waals surface area contributed by atoms with Gasteiger partial charge in [-0.3, -0.25) is 0 Å². The summed E-state index contributed by atoms with van der Waals surface area (Å²) in [7, 11) is 0. The molecule has 3 nitrogen and oxygen atoms in total. The lowest BCUT2D eigenvalue weighted by molar-refractivity contribution is 0.297. The van der Waals surface area contributed by atoms with Gasteiger partial charge in [-0.1, -0.05) is 6.07 Å². The molecule has 112 valence electrons. The molecule has 0 bridgehead atoms. The average molecular weight is 295 g/mol. The molecule has 0 radical (unpaired) electrons. The maximum Gasteiger partial charge on any atom is 0.161 e. The number of hydrogen-bond acceptors (Lipinski definition) is 4. The lowest BCUT2D eigenvalue weighted by Crippen LogP contribution is -2.33. The summed E-state index contributed by atoms with van der Waals surface area (Å²) < 4.78 is 11.7. The lowest BCUT2D eigenvalue weighted by atomic mass is 10.1. The molecule has 1 unspecified atom stereocenters. The van der Waals surface area contributed by atoms with Crippen molar-refractivity contribution >= 4 is 11.8 Å². The van der Waals surface area contributed by atoms with Crippen LogP contribution in [0.3, 0.4) is 0 Å². The monoisotopic (exact) mass is 295 g/mol. The minimum Gasteiger partial charge on any atom is -0.490 e. The second-order valence-electron chi connectivity index (χ2n) is 5.82. The van der Waals surface area contributed by atoms with Crippen molar-refractivity contribution in [2.45, 2.75) is 38.0 Å². The maximum absolute atomic E-state index is 5.75. The van der Waals surface area contributed by atoms with Crippen molar-refractivity contribution in [2.75, 3.05) is 26.0 Å². The Morgan fingerprint density at radius 3 is 2.65 bits per heavy atom. The molecule has 0 spiro atoms. The van der Waals surface area contributed by atoms with E-state index in [0.29, 0.717) is 6.04 Å². The summed E-state index contributed by atoms with van der Waals surface area (Å²) in [4.78, 5) is 0. The molecule has 0 fully saturated rings. The van der Waals surface area contributed by atoms with Gasteiger partial charge in [-0.15, -0.1) is 0 Å². The molecule has 20 heavy (non-hydrogen) atoms. The summed E-state index contributed by atoms with van der Waals surface area (Å²) in [5.41, 5.74) is 1.24. The molecule has 4 heteroatoms. The first-order valence-corrected chi connectivity index (χ1v) is 8.42. The normalized spacial score (nSPS) is 16.6. The Balaban J connectivity index is 2.03. The zero-order valence-electron chi connectivity index (χ0n) is 12.9. The van der Waals surface area contributed by atoms with Gasteiger partial charge in [0.15, 0.2) is 11.5 Å². The maximum atomic E-state index is 5.75. The SMILES string of the molecule is CSC(C)(C)CNC(C)c1ccc2c(c1)OCCCO2. The van der Waals surface area contributed by atoms with Gasteiger partial charge >= 0.3 is 0 Å². The van der Waals surface area contributed by atoms with E-state index in [4.69, 9.17) is 9.47 Å². The summed E-state index contributed by atoms with van der Waals surface area (Å²) in [6.07, 6.45) is 3.10. The van der Waals surface area contributed by atoms with E-state index in [1.807, 2.05) is 17.8 Å². The Hall–Kier alpha value is -0.870. The first-order valence-electron chi connectivity index (χ1n) is 7.20. The number of hydrogen-bond donors (Lipinski definition) is 1. The van der Waals surface area contributed by atoms with E-state index in [-0.39, 0.29) is 4.75 Å². The van der Waals surface area contributed by atoms with Gasteiger partial charge in [-0.25, -0.2) is 0 Å². The van der Waals surface area contributed by atoms with Crippen LogP contribution in [-0.4, -0.2) is 30.8 Å². The molecule has 1 aliphatic rings. The summed E-state index contributed by atoms with van der Waals surface area (Å²) >= 11 is 1.88. The van der Waals surface area contributed by atoms with Crippen molar-refractivity contribution < 1.29 is 9.47 Å². The first kappa shape index (κ1) is 15.5. The molecule has 0 amide bonds. The largest absolute Gasteiger partial charge is 0.490 e. The molecule has 0 aliphatic carbocycles. The van der Waals surface area contributed by atoms with Gasteiger partial charge in [0.2, 0.25) is 0 Å². The third-order valence-corrected chi connectivity index (χ3v) is 4.91. The fourth-order valence-electron chi connectivity index (χ4n) is 2.04. The fraction of sp³-hybridized carbons (Fsp3) is 0.625. The van der Waals surface area contributed by atoms with Crippen LogP contribution in [0.4, 0.5) is 0 Å². The van der Waals surface area contributed by atoms with Crippen molar-refractivity contribution in [3.8, 4) is 11.5 Å². The number of rotatable bonds is 5. The number of fused-ring (bicyclic) bond motifs is 1. The van der Waals surface area contributed by atoms with Crippen LogP contribution >= 0.6 is 11.8 Å². The molecule has 1 aliphatic heterocycles. The Bertz CT molecular complexity index is 448. The number of thioether (sulfide) groups is 1. The van der Waals surface area contributed by atoms with Crippen LogP contribution in [0.25, 0.3) is 0 Å². The van der Waals surface area contributed by atoms with Crippen molar-refractivity contribution in [3.05, 3.63) is 23.8 Å². The van der Waals surface area contributed by atoms with Crippen molar-refractivity contribution in [1.82, 2.24) is 5.32 Å². The van der Waals surface area contributed by atoms with Crippen molar-refractivity contribution in [3.63, 3.8) is 0 Å². The highest BCUT2D eigenvalue weighted by Gasteiger charge is 2.18. The molecular weight excluding hydrogens is 270 g/mol. The van der Waals surface area contributed by atoms with Gasteiger partial charge in [-0.2, -0.15) is 11.8 Å². The smallest absolute Gasteiger partial charge is 0.161 e. The Morgan fingerprint density at radius 1 is 1.25 bits per heavy atom. The third kappa shape index (κ3) is 4.06. The highest BCUT2D eigenvalue weighted by molar-refractivity contribution is 7.99. The molecular formula is C16H25NO2S. The molecule has 2 rings (SSSR count). The zero-order valence-corrected chi connectivity index (χ0v) is 13.7. The van der Waals surface area contributed by atoms with Crippen molar-refractivity contribution in [1.29, 1.82) is 0 Å². The van der Waals surface area contributed by atoms with Gasteiger partial charge in [0, 0.05) is 23.8 Å². The van der Waals surface area contributed by atoms with Gasteiger partial charge in [0.05, 0.1) is 13.2 Å². The molecule has 0 aromatic heterocycles. The average Bonchev–Trinajstić information content (AvgIpc) is 2.69. The van der Waals surface area contributed by atoms with E-state index >= 15 is 0 Å². The topological polar surface area (TPSA) is 30.5 Å². The highest BCUT2D eigenvalue weighted by Crippen LogP contribution is 2.32. The molecule has 1 aromatic carbocycles. The molecule has 1 heterocycles. The fourth-order valence-corrected chi connectivity index (χ4v) is 2.27. The van der Waals surface area contributed by atoms with Crippen LogP contribution in [0.1, 0.15) is 38.8 Å². The van der Waals surface area contributed by atoms with E-state index in [9.17, 15) is 0 Å².